The highest BCUT2D eigenvalue weighted by Gasteiger charge is 2.47. The fourth-order valence-corrected chi connectivity index (χ4v) is 8.77. The molecule has 5 aromatic rings. The molecule has 8 nitrogen and oxygen atoms in total. The Bertz CT molecular complexity index is 1450. The van der Waals surface area contributed by atoms with Gasteiger partial charge in [0.15, 0.2) is 0 Å². The van der Waals surface area contributed by atoms with Crippen LogP contribution in [0, 0.1) is 27.4 Å². The molecule has 0 bridgehead atoms. The van der Waals surface area contributed by atoms with Gasteiger partial charge in [-0.3, -0.25) is 0 Å². The Labute approximate surface area is 260 Å². The minimum atomic E-state index is -4.94. The molecule has 0 atom stereocenters. The SMILES string of the molecule is Cc1ccc(/C=C/c2ccc([P+](c3ccccc3)(c3ccccc3)c3ccccc3)cc2)cc1.[O-][Cl+3]([O-])([O-])[O-].[O-][Cl+3]([O-])([O-])[O-]. The van der Waals surface area contributed by atoms with E-state index in [4.69, 9.17) is 37.3 Å². The minimum absolute atomic E-state index is 1.21. The molecular formula is C33H28Cl2O8P-. The summed E-state index contributed by atoms with van der Waals surface area (Å²) < 4.78 is 67.9. The Morgan fingerprint density at radius 2 is 0.636 bits per heavy atom. The number of aryl methyl sites for hydroxylation is 1. The van der Waals surface area contributed by atoms with Gasteiger partial charge in [0.25, 0.3) is 0 Å². The monoisotopic (exact) mass is 653 g/mol. The summed E-state index contributed by atoms with van der Waals surface area (Å²) in [5.41, 5.74) is 3.70. The maximum atomic E-state index is 8.49. The van der Waals surface area contributed by atoms with Crippen LogP contribution in [0.5, 0.6) is 0 Å². The van der Waals surface area contributed by atoms with E-state index in [0.29, 0.717) is 0 Å². The van der Waals surface area contributed by atoms with Crippen molar-refractivity contribution < 1.29 is 57.8 Å². The lowest BCUT2D eigenvalue weighted by molar-refractivity contribution is -2.00. The van der Waals surface area contributed by atoms with Crippen molar-refractivity contribution in [3.8, 4) is 0 Å². The molecule has 0 unspecified atom stereocenters. The topological polar surface area (TPSA) is 184 Å². The summed E-state index contributed by atoms with van der Waals surface area (Å²) in [6, 6.07) is 50.8. The molecular weight excluding hydrogens is 626 g/mol. The van der Waals surface area contributed by atoms with Crippen LogP contribution >= 0.6 is 7.26 Å². The second-order valence-corrected chi connectivity index (χ2v) is 14.2. The van der Waals surface area contributed by atoms with Gasteiger partial charge in [-0.2, -0.15) is 0 Å². The third kappa shape index (κ3) is 11.2. The molecule has 5 rings (SSSR count). The van der Waals surface area contributed by atoms with E-state index >= 15 is 0 Å². The average molecular weight is 654 g/mol. The van der Waals surface area contributed by atoms with Crippen LogP contribution in [0.25, 0.3) is 12.2 Å². The van der Waals surface area contributed by atoms with Gasteiger partial charge >= 0.3 is 0 Å². The molecule has 228 valence electrons. The highest BCUT2D eigenvalue weighted by Crippen LogP contribution is 2.54. The molecule has 0 aliphatic rings. The van der Waals surface area contributed by atoms with Gasteiger partial charge < -0.3 is 0 Å². The van der Waals surface area contributed by atoms with Crippen molar-refractivity contribution in [3.63, 3.8) is 0 Å². The number of halogens is 2. The van der Waals surface area contributed by atoms with Crippen LogP contribution < -0.4 is 58.5 Å². The van der Waals surface area contributed by atoms with Crippen LogP contribution in [0.3, 0.4) is 0 Å². The van der Waals surface area contributed by atoms with Crippen molar-refractivity contribution in [3.05, 3.63) is 156 Å². The molecule has 0 N–H and O–H groups in total. The van der Waals surface area contributed by atoms with Crippen LogP contribution in [-0.4, -0.2) is 0 Å². The van der Waals surface area contributed by atoms with E-state index in [1.54, 1.807) is 0 Å². The summed E-state index contributed by atoms with van der Waals surface area (Å²) in [5.74, 6) is 0. The lowest BCUT2D eigenvalue weighted by Gasteiger charge is -2.27. The quantitative estimate of drug-likeness (QED) is 0.140. The molecule has 0 aromatic heterocycles. The van der Waals surface area contributed by atoms with Gasteiger partial charge in [0, 0.05) is 0 Å². The van der Waals surface area contributed by atoms with Crippen molar-refractivity contribution in [2.75, 3.05) is 0 Å². The largest absolute Gasteiger partial charge is 0.222 e. The van der Waals surface area contributed by atoms with Crippen molar-refractivity contribution in [2.24, 2.45) is 0 Å². The molecule has 0 fully saturated rings. The summed E-state index contributed by atoms with van der Waals surface area (Å²) >= 11 is 0. The second-order valence-electron chi connectivity index (χ2n) is 9.27. The zero-order valence-electron chi connectivity index (χ0n) is 23.4. The smallest absolute Gasteiger partial charge is 0.144 e. The Balaban J connectivity index is 0.000000461. The van der Waals surface area contributed by atoms with Gasteiger partial charge in [0.1, 0.15) is 28.5 Å². The molecule has 11 heteroatoms. The predicted octanol–water partition coefficient (Wildman–Crippen LogP) is -2.73. The number of hydrogen-bond acceptors (Lipinski definition) is 8. The van der Waals surface area contributed by atoms with E-state index < -0.39 is 27.7 Å². The lowest BCUT2D eigenvalue weighted by atomic mass is 10.1. The highest BCUT2D eigenvalue weighted by molar-refractivity contribution is 8.01. The summed E-state index contributed by atoms with van der Waals surface area (Å²) in [4.78, 5) is 0. The summed E-state index contributed by atoms with van der Waals surface area (Å²) in [7, 11) is -11.9. The van der Waals surface area contributed by atoms with E-state index in [1.165, 1.54) is 37.9 Å². The minimum Gasteiger partial charge on any atom is -0.222 e. The summed E-state index contributed by atoms with van der Waals surface area (Å²) in [6.45, 7) is 2.12. The fraction of sp³-hybridized carbons (Fsp3) is 0.0303. The highest BCUT2D eigenvalue weighted by atomic mass is 35.7. The summed E-state index contributed by atoms with van der Waals surface area (Å²) in [5, 5.41) is 5.48. The van der Waals surface area contributed by atoms with Crippen LogP contribution in [-0.2, 0) is 0 Å². The molecule has 0 radical (unpaired) electrons. The molecule has 44 heavy (non-hydrogen) atoms. The lowest BCUT2D eigenvalue weighted by Crippen LogP contribution is -2.68. The number of rotatable bonds is 6. The first-order valence-corrected chi connectivity index (χ1v) is 17.2. The Kier molecular flexibility index (Phi) is 12.7. The second kappa shape index (κ2) is 16.0. The molecule has 0 amide bonds. The fourth-order valence-electron chi connectivity index (χ4n) is 4.53. The van der Waals surface area contributed by atoms with Gasteiger partial charge in [-0.15, -0.1) is 20.5 Å². The molecule has 0 saturated carbocycles. The predicted molar refractivity (Wildman–Crippen MR) is 151 cm³/mol. The normalized spacial score (nSPS) is 11.7. The van der Waals surface area contributed by atoms with Crippen LogP contribution in [0.15, 0.2) is 140 Å². The molecule has 0 saturated heterocycles. The first-order chi connectivity index (χ1) is 20.8. The first kappa shape index (κ1) is 35.0. The van der Waals surface area contributed by atoms with Gasteiger partial charge in [-0.25, -0.2) is 37.3 Å². The van der Waals surface area contributed by atoms with E-state index in [2.05, 4.69) is 159 Å². The molecule has 0 heterocycles. The summed E-state index contributed by atoms with van der Waals surface area (Å²) in [6.07, 6.45) is 4.38. The molecule has 5 aromatic carbocycles. The third-order valence-corrected chi connectivity index (χ3v) is 10.5. The third-order valence-electron chi connectivity index (χ3n) is 6.26. The van der Waals surface area contributed by atoms with E-state index in [-0.39, 0.29) is 0 Å². The maximum absolute atomic E-state index is 8.49. The standard InChI is InChI=1S/C33H28P.2ClHO4/c1-27-17-19-28(20-18-27)21-22-29-23-25-33(26-24-29)34(30-11-5-2-6-12-30,31-13-7-3-8-14-31)32-15-9-4-10-16-32;2*2-1(3,4)5/h2-26H,1H3;2*(H,2,3,4,5)/q+1;;/p-2/b22-21+;;. The Morgan fingerprint density at radius 3 is 0.932 bits per heavy atom. The van der Waals surface area contributed by atoms with Gasteiger partial charge in [0.2, 0.25) is 0 Å². The van der Waals surface area contributed by atoms with Crippen molar-refractivity contribution in [2.45, 2.75) is 6.92 Å². The maximum Gasteiger partial charge on any atom is 0.144 e. The number of hydrogen-bond donors (Lipinski definition) is 0. The molecule has 0 spiro atoms. The van der Waals surface area contributed by atoms with Gasteiger partial charge in [-0.1, -0.05) is 109 Å². The molecule has 0 aliphatic carbocycles. The zero-order valence-corrected chi connectivity index (χ0v) is 25.8. The van der Waals surface area contributed by atoms with E-state index in [9.17, 15) is 0 Å². The van der Waals surface area contributed by atoms with E-state index in [1.807, 2.05) is 0 Å². The van der Waals surface area contributed by atoms with Crippen molar-refractivity contribution in [1.29, 1.82) is 0 Å². The van der Waals surface area contributed by atoms with Crippen LogP contribution in [0.4, 0.5) is 0 Å². The zero-order chi connectivity index (χ0) is 32.2. The van der Waals surface area contributed by atoms with Crippen molar-refractivity contribution >= 4 is 40.6 Å². The van der Waals surface area contributed by atoms with Crippen LogP contribution in [0.1, 0.15) is 16.7 Å². The van der Waals surface area contributed by atoms with Gasteiger partial charge in [-0.05, 0) is 66.6 Å². The van der Waals surface area contributed by atoms with E-state index in [0.717, 1.165) is 0 Å². The van der Waals surface area contributed by atoms with Crippen LogP contribution in [0.2, 0.25) is 0 Å². The Hall–Kier alpha value is -3.47. The Morgan fingerprint density at radius 1 is 0.386 bits per heavy atom. The molecule has 0 aliphatic heterocycles. The average Bonchev–Trinajstić information content (AvgIpc) is 2.98. The van der Waals surface area contributed by atoms with Crippen molar-refractivity contribution in [1.82, 2.24) is 0 Å². The first-order valence-electron chi connectivity index (χ1n) is 12.9. The number of benzene rings is 5. The van der Waals surface area contributed by atoms with Gasteiger partial charge in [0.05, 0.1) is 0 Å².